The van der Waals surface area contributed by atoms with Gasteiger partial charge < -0.3 is 9.84 Å². The summed E-state index contributed by atoms with van der Waals surface area (Å²) < 4.78 is 19.9. The standard InChI is InChI=1S/C23H19Cl2FN2O2/c1-30-15-8-5-13(6-9-15)19-12-20(16-11-14(24)7-10-21(16)29)28-23(27-19)22-17(25)3-2-4-18(22)26/h2-11,20,23,28-29H,12H2,1H3/t20-,23+/m1/s1. The van der Waals surface area contributed by atoms with Crippen LogP contribution in [0.25, 0.3) is 0 Å². The number of phenolic OH excluding ortho intramolecular Hbond substituents is 1. The molecule has 3 aromatic carbocycles. The van der Waals surface area contributed by atoms with E-state index in [4.69, 9.17) is 32.9 Å². The predicted molar refractivity (Wildman–Crippen MR) is 117 cm³/mol. The summed E-state index contributed by atoms with van der Waals surface area (Å²) in [5.41, 5.74) is 2.50. The Bertz CT molecular complexity index is 1080. The van der Waals surface area contributed by atoms with E-state index >= 15 is 0 Å². The smallest absolute Gasteiger partial charge is 0.131 e. The number of aromatic hydroxyl groups is 1. The van der Waals surface area contributed by atoms with Gasteiger partial charge in [0.15, 0.2) is 0 Å². The van der Waals surface area contributed by atoms with Gasteiger partial charge in [0.2, 0.25) is 0 Å². The fraction of sp³-hybridized carbons (Fsp3) is 0.174. The summed E-state index contributed by atoms with van der Waals surface area (Å²) >= 11 is 12.5. The molecular formula is C23H19Cl2FN2O2. The van der Waals surface area contributed by atoms with Crippen molar-refractivity contribution in [1.29, 1.82) is 0 Å². The fourth-order valence-electron chi connectivity index (χ4n) is 3.59. The van der Waals surface area contributed by atoms with Crippen LogP contribution >= 0.6 is 23.2 Å². The summed E-state index contributed by atoms with van der Waals surface area (Å²) in [6.07, 6.45) is -0.254. The molecule has 0 aromatic heterocycles. The Labute approximate surface area is 183 Å². The van der Waals surface area contributed by atoms with E-state index in [2.05, 4.69) is 5.32 Å². The number of hydrogen-bond acceptors (Lipinski definition) is 4. The number of benzene rings is 3. The minimum Gasteiger partial charge on any atom is -0.508 e. The SMILES string of the molecule is COc1ccc(C2=N[C@H](c3c(F)cccc3Cl)N[C@@H](c3cc(Cl)ccc3O)C2)cc1. The number of rotatable bonds is 4. The van der Waals surface area contributed by atoms with E-state index in [0.717, 1.165) is 17.0 Å². The Morgan fingerprint density at radius 3 is 2.57 bits per heavy atom. The van der Waals surface area contributed by atoms with Crippen molar-refractivity contribution >= 4 is 28.9 Å². The molecule has 7 heteroatoms. The van der Waals surface area contributed by atoms with Gasteiger partial charge in [-0.2, -0.15) is 0 Å². The Hall–Kier alpha value is -2.60. The molecule has 0 spiro atoms. The molecule has 0 saturated heterocycles. The molecule has 3 aromatic rings. The van der Waals surface area contributed by atoms with Gasteiger partial charge in [-0.05, 0) is 60.2 Å². The highest BCUT2D eigenvalue weighted by Crippen LogP contribution is 2.38. The number of hydrogen-bond donors (Lipinski definition) is 2. The van der Waals surface area contributed by atoms with Crippen molar-refractivity contribution in [2.45, 2.75) is 18.6 Å². The topological polar surface area (TPSA) is 53.8 Å². The van der Waals surface area contributed by atoms with Crippen molar-refractivity contribution in [3.05, 3.63) is 93.2 Å². The van der Waals surface area contributed by atoms with Crippen molar-refractivity contribution in [3.8, 4) is 11.5 Å². The molecule has 1 aliphatic heterocycles. The number of nitrogens with one attached hydrogen (secondary N) is 1. The number of aliphatic imine (C=N–C) groups is 1. The molecule has 4 nitrogen and oxygen atoms in total. The molecule has 1 heterocycles. The van der Waals surface area contributed by atoms with E-state index < -0.39 is 12.0 Å². The lowest BCUT2D eigenvalue weighted by Gasteiger charge is -2.31. The number of nitrogens with zero attached hydrogens (tertiary/aromatic N) is 1. The summed E-state index contributed by atoms with van der Waals surface area (Å²) in [5.74, 6) is 0.381. The molecule has 0 aliphatic carbocycles. The molecule has 30 heavy (non-hydrogen) atoms. The van der Waals surface area contributed by atoms with Crippen LogP contribution in [0, 0.1) is 5.82 Å². The van der Waals surface area contributed by atoms with E-state index in [1.807, 2.05) is 24.3 Å². The Balaban J connectivity index is 1.80. The van der Waals surface area contributed by atoms with E-state index in [0.29, 0.717) is 17.0 Å². The molecule has 0 amide bonds. The normalized spacial score (nSPS) is 18.7. The van der Waals surface area contributed by atoms with Crippen LogP contribution in [0.3, 0.4) is 0 Å². The largest absolute Gasteiger partial charge is 0.508 e. The molecule has 4 rings (SSSR count). The van der Waals surface area contributed by atoms with Crippen LogP contribution in [0.2, 0.25) is 10.0 Å². The van der Waals surface area contributed by atoms with E-state index in [1.165, 1.54) is 6.07 Å². The zero-order valence-corrected chi connectivity index (χ0v) is 17.6. The highest BCUT2D eigenvalue weighted by Gasteiger charge is 2.30. The van der Waals surface area contributed by atoms with Gasteiger partial charge in [-0.15, -0.1) is 0 Å². The van der Waals surface area contributed by atoms with Crippen LogP contribution in [-0.2, 0) is 0 Å². The number of phenols is 1. The second-order valence-electron chi connectivity index (χ2n) is 6.97. The minimum atomic E-state index is -0.729. The summed E-state index contributed by atoms with van der Waals surface area (Å²) in [6.45, 7) is 0. The highest BCUT2D eigenvalue weighted by molar-refractivity contribution is 6.31. The van der Waals surface area contributed by atoms with Gasteiger partial charge in [0.05, 0.1) is 12.1 Å². The van der Waals surface area contributed by atoms with E-state index in [1.54, 1.807) is 37.4 Å². The zero-order chi connectivity index (χ0) is 21.3. The zero-order valence-electron chi connectivity index (χ0n) is 16.1. The molecule has 1 aliphatic rings. The third-order valence-electron chi connectivity index (χ3n) is 5.10. The van der Waals surface area contributed by atoms with Gasteiger partial charge in [0.25, 0.3) is 0 Å². The first kappa shape index (κ1) is 20.7. The van der Waals surface area contributed by atoms with Crippen molar-refractivity contribution in [2.75, 3.05) is 7.11 Å². The molecule has 0 fully saturated rings. The lowest BCUT2D eigenvalue weighted by atomic mass is 9.93. The maximum atomic E-state index is 14.7. The fourth-order valence-corrected chi connectivity index (χ4v) is 4.04. The van der Waals surface area contributed by atoms with Crippen molar-refractivity contribution < 1.29 is 14.2 Å². The first-order valence-corrected chi connectivity index (χ1v) is 10.1. The first-order valence-electron chi connectivity index (χ1n) is 9.35. The minimum absolute atomic E-state index is 0.103. The summed E-state index contributed by atoms with van der Waals surface area (Å²) in [4.78, 5) is 4.75. The van der Waals surface area contributed by atoms with Gasteiger partial charge >= 0.3 is 0 Å². The molecule has 0 unspecified atom stereocenters. The third-order valence-corrected chi connectivity index (χ3v) is 5.67. The molecule has 0 bridgehead atoms. The van der Waals surface area contributed by atoms with E-state index in [-0.39, 0.29) is 22.4 Å². The maximum absolute atomic E-state index is 14.7. The van der Waals surface area contributed by atoms with Crippen LogP contribution in [-0.4, -0.2) is 17.9 Å². The van der Waals surface area contributed by atoms with Gasteiger partial charge in [0.1, 0.15) is 23.5 Å². The lowest BCUT2D eigenvalue weighted by molar-refractivity contribution is 0.405. The molecule has 0 radical (unpaired) electrons. The van der Waals surface area contributed by atoms with Crippen molar-refractivity contribution in [1.82, 2.24) is 5.32 Å². The second-order valence-corrected chi connectivity index (χ2v) is 7.81. The van der Waals surface area contributed by atoms with Crippen LogP contribution in [0.5, 0.6) is 11.5 Å². The third kappa shape index (κ3) is 4.15. The highest BCUT2D eigenvalue weighted by atomic mass is 35.5. The van der Waals surface area contributed by atoms with Crippen molar-refractivity contribution in [3.63, 3.8) is 0 Å². The number of halogens is 3. The van der Waals surface area contributed by atoms with Gasteiger partial charge in [-0.3, -0.25) is 10.3 Å². The quantitative estimate of drug-likeness (QED) is 0.513. The molecule has 2 N–H and O–H groups in total. The average molecular weight is 445 g/mol. The van der Waals surface area contributed by atoms with Gasteiger partial charge in [-0.25, -0.2) is 4.39 Å². The summed E-state index contributed by atoms with van der Waals surface area (Å²) in [5, 5.41) is 14.5. The molecule has 154 valence electrons. The van der Waals surface area contributed by atoms with Crippen LogP contribution in [0.4, 0.5) is 4.39 Å². The summed E-state index contributed by atoms with van der Waals surface area (Å²) in [7, 11) is 1.60. The lowest BCUT2D eigenvalue weighted by Crippen LogP contribution is -2.33. The van der Waals surface area contributed by atoms with Crippen molar-refractivity contribution in [2.24, 2.45) is 4.99 Å². The number of methoxy groups -OCH3 is 1. The predicted octanol–water partition coefficient (Wildman–Crippen LogP) is 6.07. The molecule has 0 saturated carbocycles. The van der Waals surface area contributed by atoms with E-state index in [9.17, 15) is 9.50 Å². The first-order chi connectivity index (χ1) is 14.5. The monoisotopic (exact) mass is 444 g/mol. The van der Waals surface area contributed by atoms with Crippen LogP contribution < -0.4 is 10.1 Å². The number of ether oxygens (including phenoxy) is 1. The van der Waals surface area contributed by atoms with Crippen LogP contribution in [0.15, 0.2) is 65.7 Å². The molecule has 2 atom stereocenters. The Morgan fingerprint density at radius 1 is 1.10 bits per heavy atom. The van der Waals surface area contributed by atoms with Gasteiger partial charge in [0, 0.05) is 34.3 Å². The summed E-state index contributed by atoms with van der Waals surface area (Å²) in [6, 6.07) is 16.5. The van der Waals surface area contributed by atoms with Crippen LogP contribution in [0.1, 0.15) is 35.3 Å². The Kier molecular flexibility index (Phi) is 5.95. The molecular weight excluding hydrogens is 426 g/mol. The second kappa shape index (κ2) is 8.64. The average Bonchev–Trinajstić information content (AvgIpc) is 2.75. The van der Waals surface area contributed by atoms with Gasteiger partial charge in [-0.1, -0.05) is 29.3 Å². The Morgan fingerprint density at radius 2 is 1.87 bits per heavy atom. The maximum Gasteiger partial charge on any atom is 0.131 e.